The molecule has 1 atom stereocenters. The van der Waals surface area contributed by atoms with Gasteiger partial charge < -0.3 is 19.9 Å². The molecule has 0 aromatic heterocycles. The lowest BCUT2D eigenvalue weighted by Gasteiger charge is -2.14. The molecule has 7 heteroatoms. The van der Waals surface area contributed by atoms with Crippen LogP contribution in [0.5, 0.6) is 11.5 Å². The van der Waals surface area contributed by atoms with Crippen molar-refractivity contribution >= 4 is 23.5 Å². The number of carbonyl (C=O) groups excluding carboxylic acids is 1. The van der Waals surface area contributed by atoms with Gasteiger partial charge in [0.2, 0.25) is 6.79 Å². The molecular formula is C14H14ClNO5. The van der Waals surface area contributed by atoms with Crippen LogP contribution < -0.4 is 14.8 Å². The predicted octanol–water partition coefficient (Wildman–Crippen LogP) is 2.05. The monoisotopic (exact) mass is 311 g/mol. The van der Waals surface area contributed by atoms with Gasteiger partial charge in [-0.2, -0.15) is 0 Å². The number of carbonyl (C=O) groups is 2. The summed E-state index contributed by atoms with van der Waals surface area (Å²) in [5, 5.41) is 12.0. The van der Waals surface area contributed by atoms with Crippen LogP contribution in [0.1, 0.15) is 29.6 Å². The molecule has 1 aromatic carbocycles. The Labute approximate surface area is 126 Å². The zero-order chi connectivity index (χ0) is 15.0. The summed E-state index contributed by atoms with van der Waals surface area (Å²) < 4.78 is 10.4. The van der Waals surface area contributed by atoms with Crippen molar-refractivity contribution in [3.63, 3.8) is 0 Å². The third kappa shape index (κ3) is 3.05. The van der Waals surface area contributed by atoms with Crippen LogP contribution in [0.25, 0.3) is 0 Å². The first kappa shape index (κ1) is 14.0. The van der Waals surface area contributed by atoms with E-state index in [4.69, 9.17) is 26.2 Å². The van der Waals surface area contributed by atoms with Gasteiger partial charge >= 0.3 is 5.97 Å². The summed E-state index contributed by atoms with van der Waals surface area (Å²) in [4.78, 5) is 23.4. The van der Waals surface area contributed by atoms with Gasteiger partial charge in [-0.15, -0.1) is 0 Å². The van der Waals surface area contributed by atoms with Crippen molar-refractivity contribution in [1.82, 2.24) is 5.32 Å². The average Bonchev–Trinajstić information content (AvgIpc) is 3.12. The molecule has 0 spiro atoms. The molecule has 21 heavy (non-hydrogen) atoms. The van der Waals surface area contributed by atoms with Crippen molar-refractivity contribution in [2.75, 3.05) is 6.79 Å². The minimum Gasteiger partial charge on any atom is -0.480 e. The van der Waals surface area contributed by atoms with E-state index in [1.807, 2.05) is 0 Å². The molecule has 0 radical (unpaired) electrons. The Morgan fingerprint density at radius 1 is 1.38 bits per heavy atom. The quantitative estimate of drug-likeness (QED) is 0.869. The first-order chi connectivity index (χ1) is 10.0. The molecule has 1 amide bonds. The average molecular weight is 312 g/mol. The molecule has 1 aliphatic heterocycles. The van der Waals surface area contributed by atoms with Crippen LogP contribution in [0.3, 0.4) is 0 Å². The minimum atomic E-state index is -1.03. The number of hydrogen-bond donors (Lipinski definition) is 2. The smallest absolute Gasteiger partial charge is 0.326 e. The van der Waals surface area contributed by atoms with Crippen molar-refractivity contribution in [2.24, 2.45) is 5.92 Å². The zero-order valence-corrected chi connectivity index (χ0v) is 11.9. The number of nitrogens with one attached hydrogen (secondary N) is 1. The van der Waals surface area contributed by atoms with Crippen molar-refractivity contribution in [3.8, 4) is 11.5 Å². The molecule has 2 N–H and O–H groups in total. The van der Waals surface area contributed by atoms with E-state index in [1.54, 1.807) is 0 Å². The van der Waals surface area contributed by atoms with Crippen LogP contribution in [-0.4, -0.2) is 29.8 Å². The molecule has 0 bridgehead atoms. The van der Waals surface area contributed by atoms with Gasteiger partial charge in [-0.1, -0.05) is 24.4 Å². The van der Waals surface area contributed by atoms with Gasteiger partial charge in [-0.25, -0.2) is 4.79 Å². The maximum absolute atomic E-state index is 12.2. The van der Waals surface area contributed by atoms with Gasteiger partial charge in [0.25, 0.3) is 5.91 Å². The van der Waals surface area contributed by atoms with Crippen LogP contribution in [0.2, 0.25) is 5.02 Å². The number of fused-ring (bicyclic) bond motifs is 1. The largest absolute Gasteiger partial charge is 0.480 e. The number of ether oxygens (including phenoxy) is 2. The van der Waals surface area contributed by atoms with Gasteiger partial charge in [0, 0.05) is 5.56 Å². The highest BCUT2D eigenvalue weighted by atomic mass is 35.5. The Balaban J connectivity index is 1.75. The fourth-order valence-corrected chi connectivity index (χ4v) is 2.51. The van der Waals surface area contributed by atoms with Gasteiger partial charge in [0.05, 0.1) is 5.02 Å². The molecule has 3 rings (SSSR count). The highest BCUT2D eigenvalue weighted by Crippen LogP contribution is 2.40. The number of aliphatic carboxylic acids is 1. The van der Waals surface area contributed by atoms with Crippen molar-refractivity contribution in [2.45, 2.75) is 25.3 Å². The molecule has 2 aliphatic rings. The lowest BCUT2D eigenvalue weighted by molar-refractivity contribution is -0.139. The van der Waals surface area contributed by atoms with Gasteiger partial charge in [0.15, 0.2) is 11.5 Å². The molecule has 6 nitrogen and oxygen atoms in total. The molecule has 1 heterocycles. The first-order valence-electron chi connectivity index (χ1n) is 6.67. The van der Waals surface area contributed by atoms with Crippen LogP contribution in [0, 0.1) is 5.92 Å². The van der Waals surface area contributed by atoms with E-state index in [1.165, 1.54) is 12.1 Å². The molecular weight excluding hydrogens is 298 g/mol. The SMILES string of the molecule is O=C(NC(CC1CC1)C(=O)O)c1cc(Cl)c2c(c1)OCO2. The fraction of sp³-hybridized carbons (Fsp3) is 0.429. The van der Waals surface area contributed by atoms with Crippen LogP contribution in [0.15, 0.2) is 12.1 Å². The van der Waals surface area contributed by atoms with Crippen LogP contribution >= 0.6 is 11.6 Å². The third-order valence-electron chi connectivity index (χ3n) is 3.56. The Morgan fingerprint density at radius 2 is 2.14 bits per heavy atom. The van der Waals surface area contributed by atoms with Gasteiger partial charge in [0.1, 0.15) is 6.04 Å². The van der Waals surface area contributed by atoms with E-state index < -0.39 is 17.9 Å². The molecule has 112 valence electrons. The first-order valence-corrected chi connectivity index (χ1v) is 7.05. The maximum Gasteiger partial charge on any atom is 0.326 e. The number of rotatable bonds is 5. The standard InChI is InChI=1S/C14H14ClNO5/c15-9-4-8(5-11-12(9)21-6-20-11)13(17)16-10(14(18)19)3-7-1-2-7/h4-5,7,10H,1-3,6H2,(H,16,17)(H,18,19). The zero-order valence-electron chi connectivity index (χ0n) is 11.1. The summed E-state index contributed by atoms with van der Waals surface area (Å²) in [6.07, 6.45) is 2.50. The Morgan fingerprint density at radius 3 is 2.81 bits per heavy atom. The molecule has 1 fully saturated rings. The minimum absolute atomic E-state index is 0.0551. The van der Waals surface area contributed by atoms with E-state index in [2.05, 4.69) is 5.32 Å². The van der Waals surface area contributed by atoms with E-state index >= 15 is 0 Å². The second kappa shape index (κ2) is 5.44. The lowest BCUT2D eigenvalue weighted by Crippen LogP contribution is -2.41. The van der Waals surface area contributed by atoms with Crippen molar-refractivity contribution in [1.29, 1.82) is 0 Å². The number of hydrogen-bond acceptors (Lipinski definition) is 4. The second-order valence-electron chi connectivity index (χ2n) is 5.24. The molecule has 1 saturated carbocycles. The van der Waals surface area contributed by atoms with E-state index in [9.17, 15) is 9.59 Å². The predicted molar refractivity (Wildman–Crippen MR) is 73.8 cm³/mol. The summed E-state index contributed by atoms with van der Waals surface area (Å²) in [5.41, 5.74) is 0.256. The summed E-state index contributed by atoms with van der Waals surface area (Å²) >= 11 is 6.01. The second-order valence-corrected chi connectivity index (χ2v) is 5.64. The Kier molecular flexibility index (Phi) is 3.63. The topological polar surface area (TPSA) is 84.9 Å². The maximum atomic E-state index is 12.2. The fourth-order valence-electron chi connectivity index (χ4n) is 2.25. The normalized spacial score (nSPS) is 17.4. The van der Waals surface area contributed by atoms with Crippen LogP contribution in [-0.2, 0) is 4.79 Å². The number of halogens is 1. The number of amides is 1. The Bertz CT molecular complexity index is 599. The van der Waals surface area contributed by atoms with Gasteiger partial charge in [-0.3, -0.25) is 4.79 Å². The highest BCUT2D eigenvalue weighted by molar-refractivity contribution is 6.32. The number of benzene rings is 1. The number of carboxylic acids is 1. The molecule has 0 saturated heterocycles. The van der Waals surface area contributed by atoms with Crippen LogP contribution in [0.4, 0.5) is 0 Å². The molecule has 1 aliphatic carbocycles. The van der Waals surface area contributed by atoms with Gasteiger partial charge in [-0.05, 0) is 24.5 Å². The van der Waals surface area contributed by atoms with E-state index in [-0.39, 0.29) is 17.4 Å². The summed E-state index contributed by atoms with van der Waals surface area (Å²) in [6, 6.07) is 2.06. The van der Waals surface area contributed by atoms with Crippen molar-refractivity contribution < 1.29 is 24.2 Å². The van der Waals surface area contributed by atoms with E-state index in [0.717, 1.165) is 12.8 Å². The summed E-state index contributed by atoms with van der Waals surface area (Å²) in [5.74, 6) is -0.320. The summed E-state index contributed by atoms with van der Waals surface area (Å²) in [7, 11) is 0. The highest BCUT2D eigenvalue weighted by Gasteiger charge is 2.31. The summed E-state index contributed by atoms with van der Waals surface area (Å²) in [6.45, 7) is 0.0551. The molecule has 1 unspecified atom stereocenters. The molecule has 1 aromatic rings. The third-order valence-corrected chi connectivity index (χ3v) is 3.84. The van der Waals surface area contributed by atoms with E-state index in [0.29, 0.717) is 23.8 Å². The number of carboxylic acid groups (broad SMARTS) is 1. The Hall–Kier alpha value is -1.95. The lowest BCUT2D eigenvalue weighted by atomic mass is 10.1. The van der Waals surface area contributed by atoms with Crippen molar-refractivity contribution in [3.05, 3.63) is 22.7 Å².